The number of aliphatic carboxylic acids is 1. The number of nitrogens with zero attached hydrogens (tertiary/aromatic N) is 1. The molecule has 1 heterocycles. The van der Waals surface area contributed by atoms with Crippen LogP contribution in [0.2, 0.25) is 0 Å². The van der Waals surface area contributed by atoms with Crippen molar-refractivity contribution >= 4 is 5.97 Å². The van der Waals surface area contributed by atoms with Gasteiger partial charge in [-0.3, -0.25) is 4.90 Å². The molecule has 0 saturated carbocycles. The van der Waals surface area contributed by atoms with Crippen LogP contribution in [0.25, 0.3) is 0 Å². The average molecular weight is 293 g/mol. The third-order valence-electron chi connectivity index (χ3n) is 3.59. The Morgan fingerprint density at radius 2 is 2.14 bits per heavy atom. The van der Waals surface area contributed by atoms with Gasteiger partial charge in [-0.2, -0.15) is 0 Å². The maximum Gasteiger partial charge on any atom is 0.329 e. The summed E-state index contributed by atoms with van der Waals surface area (Å²) >= 11 is 0. The van der Waals surface area contributed by atoms with E-state index >= 15 is 0 Å². The lowest BCUT2D eigenvalue weighted by Gasteiger charge is -2.31. The molecule has 0 amide bonds. The third-order valence-corrected chi connectivity index (χ3v) is 3.59. The lowest BCUT2D eigenvalue weighted by atomic mass is 10.1. The predicted molar refractivity (Wildman–Crippen MR) is 79.5 cm³/mol. The molecule has 0 radical (unpaired) electrons. The van der Waals surface area contributed by atoms with Crippen LogP contribution in [0.15, 0.2) is 24.3 Å². The van der Waals surface area contributed by atoms with Gasteiger partial charge >= 0.3 is 5.97 Å². The highest BCUT2D eigenvalue weighted by molar-refractivity contribution is 5.68. The van der Waals surface area contributed by atoms with E-state index in [1.165, 1.54) is 5.56 Å². The normalized spacial score (nSPS) is 16.8. The molecule has 1 aromatic carbocycles. The van der Waals surface area contributed by atoms with Gasteiger partial charge in [0, 0.05) is 19.6 Å². The Labute approximate surface area is 125 Å². The van der Waals surface area contributed by atoms with Crippen LogP contribution in [0, 0.1) is 0 Å². The highest BCUT2D eigenvalue weighted by Gasteiger charge is 2.20. The maximum absolute atomic E-state index is 10.5. The molecule has 21 heavy (non-hydrogen) atoms. The Bertz CT molecular complexity index is 455. The van der Waals surface area contributed by atoms with Crippen LogP contribution in [-0.2, 0) is 16.1 Å². The molecule has 116 valence electrons. The first-order chi connectivity index (χ1) is 10.2. The fraction of sp³-hybridized carbons (Fsp3) is 0.562. The van der Waals surface area contributed by atoms with Crippen molar-refractivity contribution < 1.29 is 19.4 Å². The number of carbonyl (C=O) groups is 1. The Hall–Kier alpha value is -1.59. The van der Waals surface area contributed by atoms with Crippen molar-refractivity contribution in [1.82, 2.24) is 4.90 Å². The van der Waals surface area contributed by atoms with Gasteiger partial charge in [-0.1, -0.05) is 12.1 Å². The van der Waals surface area contributed by atoms with E-state index in [0.717, 1.165) is 38.2 Å². The molecule has 1 aromatic rings. The third kappa shape index (κ3) is 5.36. The topological polar surface area (TPSA) is 59.0 Å². The number of likely N-dealkylation sites (tertiary alicyclic amines) is 1. The van der Waals surface area contributed by atoms with Crippen LogP contribution in [-0.4, -0.2) is 48.4 Å². The van der Waals surface area contributed by atoms with Crippen molar-refractivity contribution in [3.8, 4) is 5.75 Å². The van der Waals surface area contributed by atoms with Crippen LogP contribution >= 0.6 is 0 Å². The van der Waals surface area contributed by atoms with Crippen molar-refractivity contribution in [2.45, 2.75) is 32.4 Å². The molecule has 1 saturated heterocycles. The number of benzene rings is 1. The SMILES string of the molecule is CCOc1cccc(CN2CCC(OCC(=O)O)CC2)c1. The maximum atomic E-state index is 10.5. The summed E-state index contributed by atoms with van der Waals surface area (Å²) in [4.78, 5) is 12.9. The number of carboxylic acids is 1. The molecule has 0 aliphatic carbocycles. The molecule has 2 rings (SSSR count). The van der Waals surface area contributed by atoms with Gasteiger partial charge in [0.2, 0.25) is 0 Å². The van der Waals surface area contributed by atoms with Crippen LogP contribution < -0.4 is 4.74 Å². The molecule has 1 aliphatic rings. The minimum atomic E-state index is -0.898. The van der Waals surface area contributed by atoms with Gasteiger partial charge in [-0.15, -0.1) is 0 Å². The molecule has 0 aromatic heterocycles. The van der Waals surface area contributed by atoms with E-state index in [1.807, 2.05) is 19.1 Å². The quantitative estimate of drug-likeness (QED) is 0.834. The van der Waals surface area contributed by atoms with E-state index in [9.17, 15) is 4.79 Å². The van der Waals surface area contributed by atoms with Gasteiger partial charge < -0.3 is 14.6 Å². The largest absolute Gasteiger partial charge is 0.494 e. The van der Waals surface area contributed by atoms with Crippen molar-refractivity contribution in [1.29, 1.82) is 0 Å². The molecular formula is C16H23NO4. The smallest absolute Gasteiger partial charge is 0.329 e. The van der Waals surface area contributed by atoms with E-state index in [2.05, 4.69) is 17.0 Å². The van der Waals surface area contributed by atoms with Crippen molar-refractivity contribution in [3.05, 3.63) is 29.8 Å². The fourth-order valence-electron chi connectivity index (χ4n) is 2.58. The standard InChI is InChI=1S/C16H23NO4/c1-2-20-15-5-3-4-13(10-15)11-17-8-6-14(7-9-17)21-12-16(18)19/h3-5,10,14H,2,6-9,11-12H2,1H3,(H,18,19). The summed E-state index contributed by atoms with van der Waals surface area (Å²) in [6, 6.07) is 8.17. The molecule has 1 N–H and O–H groups in total. The Balaban J connectivity index is 1.78. The Kier molecular flexibility index (Phi) is 6.02. The summed E-state index contributed by atoms with van der Waals surface area (Å²) < 4.78 is 10.9. The van der Waals surface area contributed by atoms with Gasteiger partial charge in [0.05, 0.1) is 12.7 Å². The van der Waals surface area contributed by atoms with Crippen molar-refractivity contribution in [3.63, 3.8) is 0 Å². The van der Waals surface area contributed by atoms with E-state index < -0.39 is 5.97 Å². The lowest BCUT2D eigenvalue weighted by molar-refractivity contribution is -0.145. The van der Waals surface area contributed by atoms with E-state index in [0.29, 0.717) is 6.61 Å². The molecular weight excluding hydrogens is 270 g/mol. The highest BCUT2D eigenvalue weighted by atomic mass is 16.5. The molecule has 0 atom stereocenters. The molecule has 0 unspecified atom stereocenters. The minimum Gasteiger partial charge on any atom is -0.494 e. The second kappa shape index (κ2) is 8.00. The van der Waals surface area contributed by atoms with Crippen molar-refractivity contribution in [2.24, 2.45) is 0 Å². The molecule has 0 spiro atoms. The first kappa shape index (κ1) is 15.8. The summed E-state index contributed by atoms with van der Waals surface area (Å²) in [5.74, 6) is 0.0137. The van der Waals surface area contributed by atoms with Crippen LogP contribution in [0.3, 0.4) is 0 Å². The number of rotatable bonds is 7. The predicted octanol–water partition coefficient (Wildman–Crippen LogP) is 2.15. The molecule has 5 heteroatoms. The summed E-state index contributed by atoms with van der Waals surface area (Å²) in [7, 11) is 0. The zero-order valence-corrected chi connectivity index (χ0v) is 12.5. The lowest BCUT2D eigenvalue weighted by Crippen LogP contribution is -2.37. The van der Waals surface area contributed by atoms with E-state index in [-0.39, 0.29) is 12.7 Å². The first-order valence-electron chi connectivity index (χ1n) is 7.45. The van der Waals surface area contributed by atoms with Gasteiger partial charge in [0.15, 0.2) is 0 Å². The Morgan fingerprint density at radius 1 is 1.38 bits per heavy atom. The zero-order valence-electron chi connectivity index (χ0n) is 12.5. The molecule has 0 bridgehead atoms. The first-order valence-corrected chi connectivity index (χ1v) is 7.45. The highest BCUT2D eigenvalue weighted by Crippen LogP contribution is 2.19. The Morgan fingerprint density at radius 3 is 2.81 bits per heavy atom. The second-order valence-corrected chi connectivity index (χ2v) is 5.26. The summed E-state index contributed by atoms with van der Waals surface area (Å²) in [6.07, 6.45) is 1.85. The van der Waals surface area contributed by atoms with E-state index in [4.69, 9.17) is 14.6 Å². The van der Waals surface area contributed by atoms with Gasteiger partial charge in [-0.05, 0) is 37.5 Å². The van der Waals surface area contributed by atoms with Gasteiger partial charge in [-0.25, -0.2) is 4.79 Å². The molecule has 1 aliphatic heterocycles. The van der Waals surface area contributed by atoms with Crippen LogP contribution in [0.1, 0.15) is 25.3 Å². The number of hydrogen-bond acceptors (Lipinski definition) is 4. The summed E-state index contributed by atoms with van der Waals surface area (Å²) in [5, 5.41) is 8.61. The summed E-state index contributed by atoms with van der Waals surface area (Å²) in [6.45, 7) is 5.23. The van der Waals surface area contributed by atoms with Gasteiger partial charge in [0.1, 0.15) is 12.4 Å². The monoisotopic (exact) mass is 293 g/mol. The van der Waals surface area contributed by atoms with E-state index in [1.54, 1.807) is 0 Å². The number of piperidine rings is 1. The van der Waals surface area contributed by atoms with Crippen molar-refractivity contribution in [2.75, 3.05) is 26.3 Å². The number of carboxylic acid groups (broad SMARTS) is 1. The zero-order chi connectivity index (χ0) is 15.1. The second-order valence-electron chi connectivity index (χ2n) is 5.26. The number of ether oxygens (including phenoxy) is 2. The molecule has 1 fully saturated rings. The van der Waals surface area contributed by atoms with Crippen LogP contribution in [0.5, 0.6) is 5.75 Å². The van der Waals surface area contributed by atoms with Crippen LogP contribution in [0.4, 0.5) is 0 Å². The summed E-state index contributed by atoms with van der Waals surface area (Å²) in [5.41, 5.74) is 1.24. The molecule has 5 nitrogen and oxygen atoms in total. The fourth-order valence-corrected chi connectivity index (χ4v) is 2.58. The minimum absolute atomic E-state index is 0.0760. The number of hydrogen-bond donors (Lipinski definition) is 1. The van der Waals surface area contributed by atoms with Gasteiger partial charge in [0.25, 0.3) is 0 Å². The average Bonchev–Trinajstić information content (AvgIpc) is 2.47.